The number of aryl methyl sites for hydroxylation is 1. The van der Waals surface area contributed by atoms with Gasteiger partial charge in [-0.05, 0) is 32.4 Å². The minimum atomic E-state index is 0. The first-order valence-electron chi connectivity index (χ1n) is 10.8. The van der Waals surface area contributed by atoms with E-state index in [1.54, 1.807) is 27.4 Å². The van der Waals surface area contributed by atoms with Crippen molar-refractivity contribution in [1.29, 1.82) is 0 Å². The quantitative estimate of drug-likeness (QED) is 0.372. The number of rotatable bonds is 4. The molecule has 2 N–H and O–H groups in total. The van der Waals surface area contributed by atoms with Crippen LogP contribution in [0, 0.1) is 0 Å². The fraction of sp³-hybridized carbons (Fsp3) is 0.364. The number of halogens is 1. The Morgan fingerprint density at radius 3 is 2.79 bits per heavy atom. The molecule has 0 amide bonds. The van der Waals surface area contributed by atoms with E-state index in [-0.39, 0.29) is 12.4 Å². The highest BCUT2D eigenvalue weighted by Gasteiger charge is 2.25. The zero-order valence-electron chi connectivity index (χ0n) is 18.6. The number of pyridine rings is 1. The maximum Gasteiger partial charge on any atom is 0.188 e. The standard InChI is InChI=1S/C22H24N8S2.ClH/c1-12-8-14(4-6-23-12)30(3)22-28-21-20(32-22)27-19(31-21)18-17-15(5-7-24-17)16(10-25-18)13-9-26-29(2)11-13;/h5,7,9-12,14,23-24H,4,6,8H2,1-3H3;1H/t12-,14+;/m1./s1. The Balaban J connectivity index is 0.00000228. The minimum absolute atomic E-state index is 0. The van der Waals surface area contributed by atoms with Crippen molar-refractivity contribution < 1.29 is 0 Å². The van der Waals surface area contributed by atoms with E-state index in [0.717, 1.165) is 66.9 Å². The SMILES string of the molecule is C[C@@H]1C[C@@H](N(C)c2nc3sc(-c4ncc(-c5cnn(C)c5)c5cc[nH]c45)nc3s2)CCN1.Cl. The van der Waals surface area contributed by atoms with Crippen molar-refractivity contribution in [1.82, 2.24) is 35.0 Å². The molecule has 8 nitrogen and oxygen atoms in total. The number of aromatic amines is 1. The van der Waals surface area contributed by atoms with Gasteiger partial charge in [-0.25, -0.2) is 9.97 Å². The lowest BCUT2D eigenvalue weighted by Crippen LogP contribution is -2.45. The highest BCUT2D eigenvalue weighted by atomic mass is 35.5. The van der Waals surface area contributed by atoms with Crippen molar-refractivity contribution in [3.8, 4) is 21.8 Å². The molecule has 0 aromatic carbocycles. The number of nitrogens with zero attached hydrogens (tertiary/aromatic N) is 6. The average molecular weight is 501 g/mol. The molecule has 11 heteroatoms. The number of piperidine rings is 1. The van der Waals surface area contributed by atoms with Crippen molar-refractivity contribution in [2.45, 2.75) is 31.8 Å². The zero-order chi connectivity index (χ0) is 21.8. The van der Waals surface area contributed by atoms with Gasteiger partial charge in [0.2, 0.25) is 0 Å². The Kier molecular flexibility index (Phi) is 5.86. The highest BCUT2D eigenvalue weighted by molar-refractivity contribution is 7.29. The summed E-state index contributed by atoms with van der Waals surface area (Å²) in [6.07, 6.45) is 10.0. The number of fused-ring (bicyclic) bond motifs is 2. The summed E-state index contributed by atoms with van der Waals surface area (Å²) >= 11 is 3.28. The molecule has 5 aromatic rings. The third-order valence-corrected chi connectivity index (χ3v) is 8.35. The molecule has 2 atom stereocenters. The lowest BCUT2D eigenvalue weighted by atomic mass is 10.00. The summed E-state index contributed by atoms with van der Waals surface area (Å²) in [5.74, 6) is 0. The smallest absolute Gasteiger partial charge is 0.188 e. The van der Waals surface area contributed by atoms with Gasteiger partial charge < -0.3 is 15.2 Å². The second kappa shape index (κ2) is 8.68. The van der Waals surface area contributed by atoms with Gasteiger partial charge in [0.15, 0.2) is 14.8 Å². The molecule has 1 saturated heterocycles. The second-order valence-electron chi connectivity index (χ2n) is 8.46. The van der Waals surface area contributed by atoms with Gasteiger partial charge in [-0.15, -0.1) is 12.4 Å². The van der Waals surface area contributed by atoms with Crippen molar-refractivity contribution >= 4 is 60.8 Å². The lowest BCUT2D eigenvalue weighted by molar-refractivity contribution is 0.371. The van der Waals surface area contributed by atoms with Crippen molar-refractivity contribution in [3.63, 3.8) is 0 Å². The van der Waals surface area contributed by atoms with Crippen molar-refractivity contribution in [2.24, 2.45) is 7.05 Å². The maximum absolute atomic E-state index is 4.93. The molecule has 1 fully saturated rings. The van der Waals surface area contributed by atoms with Crippen LogP contribution < -0.4 is 10.2 Å². The van der Waals surface area contributed by atoms with E-state index in [1.807, 2.05) is 31.8 Å². The van der Waals surface area contributed by atoms with Gasteiger partial charge >= 0.3 is 0 Å². The predicted molar refractivity (Wildman–Crippen MR) is 139 cm³/mol. The first-order valence-corrected chi connectivity index (χ1v) is 12.4. The molecule has 6 heterocycles. The Morgan fingerprint density at radius 2 is 2.03 bits per heavy atom. The molecule has 0 radical (unpaired) electrons. The number of thiazole rings is 2. The minimum Gasteiger partial charge on any atom is -0.359 e. The Bertz CT molecular complexity index is 1380. The largest absolute Gasteiger partial charge is 0.359 e. The molecule has 6 rings (SSSR count). The number of nitrogens with one attached hydrogen (secondary N) is 2. The monoisotopic (exact) mass is 500 g/mol. The van der Waals surface area contributed by atoms with Gasteiger partial charge in [0.25, 0.3) is 0 Å². The molecule has 33 heavy (non-hydrogen) atoms. The number of hydrogen-bond acceptors (Lipinski definition) is 8. The van der Waals surface area contributed by atoms with Gasteiger partial charge in [0.1, 0.15) is 10.7 Å². The number of aromatic nitrogens is 6. The van der Waals surface area contributed by atoms with E-state index >= 15 is 0 Å². The highest BCUT2D eigenvalue weighted by Crippen LogP contribution is 2.39. The zero-order valence-corrected chi connectivity index (χ0v) is 21.0. The van der Waals surface area contributed by atoms with Crippen LogP contribution >= 0.6 is 35.1 Å². The third-order valence-electron chi connectivity index (χ3n) is 6.23. The summed E-state index contributed by atoms with van der Waals surface area (Å²) < 4.78 is 1.81. The van der Waals surface area contributed by atoms with Gasteiger partial charge in [-0.2, -0.15) is 5.10 Å². The van der Waals surface area contributed by atoms with Crippen LogP contribution in [0.4, 0.5) is 5.13 Å². The van der Waals surface area contributed by atoms with Gasteiger partial charge in [0.05, 0.1) is 11.7 Å². The molecule has 5 aromatic heterocycles. The third kappa shape index (κ3) is 3.90. The summed E-state index contributed by atoms with van der Waals surface area (Å²) in [6, 6.07) is 3.15. The van der Waals surface area contributed by atoms with E-state index in [0.29, 0.717) is 12.1 Å². The number of hydrogen-bond donors (Lipinski definition) is 2. The lowest BCUT2D eigenvalue weighted by Gasteiger charge is -2.34. The van der Waals surface area contributed by atoms with Crippen LogP contribution in [0.3, 0.4) is 0 Å². The van der Waals surface area contributed by atoms with Crippen molar-refractivity contribution in [3.05, 3.63) is 30.9 Å². The van der Waals surface area contributed by atoms with Crippen molar-refractivity contribution in [2.75, 3.05) is 18.5 Å². The topological polar surface area (TPSA) is 87.6 Å². The fourth-order valence-corrected chi connectivity index (χ4v) is 6.58. The summed E-state index contributed by atoms with van der Waals surface area (Å²) in [4.78, 5) is 22.3. The molecule has 0 bridgehead atoms. The van der Waals surface area contributed by atoms with Crippen LogP contribution in [0.1, 0.15) is 19.8 Å². The van der Waals surface area contributed by atoms with E-state index in [2.05, 4.69) is 40.3 Å². The van der Waals surface area contributed by atoms with Crippen LogP contribution in [0.25, 0.3) is 42.4 Å². The van der Waals surface area contributed by atoms with E-state index in [4.69, 9.17) is 15.0 Å². The summed E-state index contributed by atoms with van der Waals surface area (Å²) in [5, 5.41) is 10.9. The van der Waals surface area contributed by atoms with Crippen LogP contribution in [-0.2, 0) is 7.05 Å². The van der Waals surface area contributed by atoms with E-state index < -0.39 is 0 Å². The Hall–Kier alpha value is -2.53. The summed E-state index contributed by atoms with van der Waals surface area (Å²) in [5.41, 5.74) is 3.98. The summed E-state index contributed by atoms with van der Waals surface area (Å²) in [6.45, 7) is 3.31. The summed E-state index contributed by atoms with van der Waals surface area (Å²) in [7, 11) is 4.08. The Labute approximate surface area is 205 Å². The van der Waals surface area contributed by atoms with Crippen LogP contribution in [-0.4, -0.2) is 55.4 Å². The molecule has 0 saturated carbocycles. The van der Waals surface area contributed by atoms with Crippen LogP contribution in [0.2, 0.25) is 0 Å². The molecular weight excluding hydrogens is 476 g/mol. The molecule has 0 unspecified atom stereocenters. The van der Waals surface area contributed by atoms with Gasteiger partial charge in [0, 0.05) is 61.3 Å². The number of H-pyrrole nitrogens is 1. The molecular formula is C22H25ClN8S2. The Morgan fingerprint density at radius 1 is 1.18 bits per heavy atom. The van der Waals surface area contributed by atoms with Gasteiger partial charge in [-0.3, -0.25) is 9.67 Å². The average Bonchev–Trinajstić information content (AvgIpc) is 3.55. The second-order valence-corrected chi connectivity index (χ2v) is 10.4. The predicted octanol–water partition coefficient (Wildman–Crippen LogP) is 4.70. The first kappa shape index (κ1) is 22.3. The number of anilines is 1. The van der Waals surface area contributed by atoms with Crippen LogP contribution in [0.5, 0.6) is 0 Å². The fourth-order valence-electron chi connectivity index (χ4n) is 4.50. The molecule has 0 aliphatic carbocycles. The normalized spacial score (nSPS) is 18.6. The molecule has 0 spiro atoms. The van der Waals surface area contributed by atoms with E-state index in [1.165, 1.54) is 0 Å². The molecule has 1 aliphatic heterocycles. The maximum atomic E-state index is 4.93. The first-order chi connectivity index (χ1) is 15.6. The molecule has 172 valence electrons. The van der Waals surface area contributed by atoms with Gasteiger partial charge in [-0.1, -0.05) is 22.7 Å². The van der Waals surface area contributed by atoms with Crippen LogP contribution in [0.15, 0.2) is 30.9 Å². The van der Waals surface area contributed by atoms with E-state index in [9.17, 15) is 0 Å². The molecule has 1 aliphatic rings.